The van der Waals surface area contributed by atoms with Gasteiger partial charge in [-0.1, -0.05) is 63.3 Å². The van der Waals surface area contributed by atoms with Crippen LogP contribution >= 0.6 is 23.2 Å². The van der Waals surface area contributed by atoms with E-state index in [2.05, 4.69) is 6.92 Å². The van der Waals surface area contributed by atoms with Crippen molar-refractivity contribution in [3.8, 4) is 0 Å². The molecule has 1 nitrogen and oxygen atoms in total. The predicted octanol–water partition coefficient (Wildman–Crippen LogP) is 5.77. The number of benzene rings is 1. The number of hydrogen-bond donors (Lipinski definition) is 0. The topological polar surface area (TPSA) is 17.1 Å². The minimum Gasteiger partial charge on any atom is -0.258 e. The van der Waals surface area contributed by atoms with E-state index in [1.807, 2.05) is 24.3 Å². The highest BCUT2D eigenvalue weighted by Crippen LogP contribution is 2.26. The van der Waals surface area contributed by atoms with Crippen LogP contribution in [0.25, 0.3) is 0 Å². The summed E-state index contributed by atoms with van der Waals surface area (Å²) in [5.74, 6) is 1.19. The fraction of sp³-hybridized carbons (Fsp3) is 0.625. The summed E-state index contributed by atoms with van der Waals surface area (Å²) in [5, 5.41) is 0. The fourth-order valence-electron chi connectivity index (χ4n) is 2.04. The van der Waals surface area contributed by atoms with Crippen molar-refractivity contribution >= 4 is 34.0 Å². The van der Waals surface area contributed by atoms with Crippen LogP contribution in [0.15, 0.2) is 24.3 Å². The maximum atomic E-state index is 12.1. The summed E-state index contributed by atoms with van der Waals surface area (Å²) in [7, 11) is -0.999. The molecule has 0 aliphatic rings. The van der Waals surface area contributed by atoms with Crippen molar-refractivity contribution in [2.45, 2.75) is 56.0 Å². The number of hydrogen-bond acceptors (Lipinski definition) is 1. The largest absolute Gasteiger partial charge is 0.258 e. The predicted molar refractivity (Wildman–Crippen MR) is 91.0 cm³/mol. The Balaban J connectivity index is 2.31. The van der Waals surface area contributed by atoms with Gasteiger partial charge in [-0.3, -0.25) is 4.21 Å². The second-order valence-corrected chi connectivity index (χ2v) is 7.65. The number of rotatable bonds is 10. The molecule has 2 atom stereocenters. The summed E-state index contributed by atoms with van der Waals surface area (Å²) < 4.78 is 11.7. The van der Waals surface area contributed by atoms with E-state index < -0.39 is 15.5 Å². The molecule has 114 valence electrons. The van der Waals surface area contributed by atoms with Gasteiger partial charge in [-0.15, -0.1) is 23.2 Å². The molecule has 1 aromatic rings. The molecule has 0 spiro atoms. The lowest BCUT2D eigenvalue weighted by molar-refractivity contribution is 0.621. The number of halogens is 2. The van der Waals surface area contributed by atoms with Crippen molar-refractivity contribution in [1.29, 1.82) is 0 Å². The lowest BCUT2D eigenvalue weighted by Crippen LogP contribution is -2.05. The van der Waals surface area contributed by atoms with E-state index in [0.717, 1.165) is 24.0 Å². The molecule has 0 aliphatic carbocycles. The van der Waals surface area contributed by atoms with Crippen molar-refractivity contribution in [1.82, 2.24) is 0 Å². The Morgan fingerprint density at radius 3 is 2.25 bits per heavy atom. The van der Waals surface area contributed by atoms with Crippen LogP contribution in [0.2, 0.25) is 0 Å². The van der Waals surface area contributed by atoms with Crippen LogP contribution in [-0.2, 0) is 16.7 Å². The molecule has 0 saturated carbocycles. The first kappa shape index (κ1) is 18.0. The molecule has 0 amide bonds. The molecule has 1 aromatic carbocycles. The van der Waals surface area contributed by atoms with E-state index >= 15 is 0 Å². The van der Waals surface area contributed by atoms with Gasteiger partial charge < -0.3 is 0 Å². The normalized spacial score (nSPS) is 14.2. The number of unbranched alkanes of at least 4 members (excludes halogenated alkanes) is 5. The van der Waals surface area contributed by atoms with Crippen molar-refractivity contribution < 1.29 is 4.21 Å². The van der Waals surface area contributed by atoms with Crippen molar-refractivity contribution in [3.63, 3.8) is 0 Å². The lowest BCUT2D eigenvalue weighted by atomic mass is 10.1. The molecule has 0 aromatic heterocycles. The van der Waals surface area contributed by atoms with E-state index in [1.54, 1.807) is 0 Å². The van der Waals surface area contributed by atoms with Crippen LogP contribution in [0.4, 0.5) is 0 Å². The Morgan fingerprint density at radius 2 is 1.65 bits per heavy atom. The molecule has 20 heavy (non-hydrogen) atoms. The minimum atomic E-state index is -0.999. The summed E-state index contributed by atoms with van der Waals surface area (Å²) in [6.07, 6.45) is 7.23. The van der Waals surface area contributed by atoms with Crippen LogP contribution in [0, 0.1) is 0 Å². The van der Waals surface area contributed by atoms with Crippen molar-refractivity contribution in [2.75, 3.05) is 5.75 Å². The zero-order valence-electron chi connectivity index (χ0n) is 12.1. The molecule has 0 saturated heterocycles. The highest BCUT2D eigenvalue weighted by atomic mass is 35.5. The second-order valence-electron chi connectivity index (χ2n) is 5.04. The Bertz CT molecular complexity index is 392. The van der Waals surface area contributed by atoms with Crippen LogP contribution in [-0.4, -0.2) is 9.96 Å². The van der Waals surface area contributed by atoms with Crippen LogP contribution < -0.4 is 0 Å². The quantitative estimate of drug-likeness (QED) is 0.392. The van der Waals surface area contributed by atoms with Crippen LogP contribution in [0.3, 0.4) is 0 Å². The van der Waals surface area contributed by atoms with E-state index in [-0.39, 0.29) is 0 Å². The van der Waals surface area contributed by atoms with Gasteiger partial charge in [-0.05, 0) is 17.5 Å². The molecule has 0 N–H and O–H groups in total. The first-order chi connectivity index (χ1) is 9.69. The summed E-state index contributed by atoms with van der Waals surface area (Å²) in [5.41, 5.74) is 1.98. The third-order valence-electron chi connectivity index (χ3n) is 3.33. The van der Waals surface area contributed by atoms with Gasteiger partial charge in [0.2, 0.25) is 0 Å². The third kappa shape index (κ3) is 6.60. The second kappa shape index (κ2) is 10.6. The van der Waals surface area contributed by atoms with Gasteiger partial charge in [0.1, 0.15) is 4.71 Å². The van der Waals surface area contributed by atoms with Crippen LogP contribution in [0.1, 0.15) is 61.3 Å². The average Bonchev–Trinajstić information content (AvgIpc) is 2.50. The van der Waals surface area contributed by atoms with Gasteiger partial charge in [-0.2, -0.15) is 0 Å². The molecule has 0 bridgehead atoms. The summed E-state index contributed by atoms with van der Waals surface area (Å²) in [6.45, 7) is 2.21. The van der Waals surface area contributed by atoms with E-state index in [4.69, 9.17) is 23.2 Å². The molecule has 4 heteroatoms. The minimum absolute atomic E-state index is 0.407. The van der Waals surface area contributed by atoms with E-state index in [0.29, 0.717) is 11.6 Å². The average molecular weight is 335 g/mol. The Hall–Kier alpha value is -0.0500. The fourth-order valence-corrected chi connectivity index (χ4v) is 3.79. The number of alkyl halides is 2. The van der Waals surface area contributed by atoms with Gasteiger partial charge in [0.25, 0.3) is 0 Å². The summed E-state index contributed by atoms with van der Waals surface area (Å²) in [6, 6.07) is 7.74. The monoisotopic (exact) mass is 334 g/mol. The third-order valence-corrected chi connectivity index (χ3v) is 5.91. The van der Waals surface area contributed by atoms with Crippen LogP contribution in [0.5, 0.6) is 0 Å². The molecular weight excluding hydrogens is 311 g/mol. The zero-order valence-corrected chi connectivity index (χ0v) is 14.4. The van der Waals surface area contributed by atoms with Gasteiger partial charge in [0.05, 0.1) is 0 Å². The Morgan fingerprint density at radius 1 is 1.05 bits per heavy atom. The molecule has 0 heterocycles. The summed E-state index contributed by atoms with van der Waals surface area (Å²) >= 11 is 12.0. The highest BCUT2D eigenvalue weighted by Gasteiger charge is 2.15. The van der Waals surface area contributed by atoms with E-state index in [1.165, 1.54) is 25.7 Å². The Labute approximate surface area is 135 Å². The molecule has 2 unspecified atom stereocenters. The maximum Gasteiger partial charge on any atom is 0.134 e. The highest BCUT2D eigenvalue weighted by molar-refractivity contribution is 7.86. The van der Waals surface area contributed by atoms with Crippen molar-refractivity contribution in [2.24, 2.45) is 0 Å². The first-order valence-electron chi connectivity index (χ1n) is 7.35. The standard InChI is InChI=1S/C16H24Cl2OS/c1-2-3-4-5-6-7-12-20(19)16(18)15-10-8-14(13-17)9-11-15/h8-11,16H,2-7,12-13H2,1H3. The molecular formula is C16H24Cl2OS. The van der Waals surface area contributed by atoms with Gasteiger partial charge in [0, 0.05) is 22.4 Å². The summed E-state index contributed by atoms with van der Waals surface area (Å²) in [4.78, 5) is 0. The zero-order chi connectivity index (χ0) is 14.8. The van der Waals surface area contributed by atoms with Gasteiger partial charge in [-0.25, -0.2) is 0 Å². The smallest absolute Gasteiger partial charge is 0.134 e. The lowest BCUT2D eigenvalue weighted by Gasteiger charge is -2.10. The van der Waals surface area contributed by atoms with Gasteiger partial charge in [0.15, 0.2) is 0 Å². The molecule has 0 aliphatic heterocycles. The Kier molecular flexibility index (Phi) is 9.58. The van der Waals surface area contributed by atoms with E-state index in [9.17, 15) is 4.21 Å². The maximum absolute atomic E-state index is 12.1. The molecule has 0 radical (unpaired) electrons. The molecule has 1 rings (SSSR count). The van der Waals surface area contributed by atoms with Crippen molar-refractivity contribution in [3.05, 3.63) is 35.4 Å². The first-order valence-corrected chi connectivity index (χ1v) is 9.70. The molecule has 0 fully saturated rings. The van der Waals surface area contributed by atoms with Gasteiger partial charge >= 0.3 is 0 Å². The SMILES string of the molecule is CCCCCCCCS(=O)C(Cl)c1ccc(CCl)cc1.